The summed E-state index contributed by atoms with van der Waals surface area (Å²) in [4.78, 5) is 9.95. The van der Waals surface area contributed by atoms with E-state index in [1.165, 1.54) is 0 Å². The van der Waals surface area contributed by atoms with Gasteiger partial charge in [0.2, 0.25) is 6.41 Å². The normalized spacial score (nSPS) is 14.1. The lowest BCUT2D eigenvalue weighted by molar-refractivity contribution is -0.109. The Kier molecular flexibility index (Phi) is 13.1. The van der Waals surface area contributed by atoms with Crippen molar-refractivity contribution in [2.45, 2.75) is 19.2 Å². The molecule has 0 heterocycles. The maximum atomic E-state index is 13.1. The first kappa shape index (κ1) is 18.2. The Bertz CT molecular complexity index is 210. The van der Waals surface area contributed by atoms with Crippen LogP contribution in [0, 0.1) is 0 Å². The number of amides is 1. The number of hydrogen-bond acceptors (Lipinski definition) is 5. The van der Waals surface area contributed by atoms with E-state index in [1.807, 2.05) is 14.0 Å². The summed E-state index contributed by atoms with van der Waals surface area (Å²) < 4.78 is 28.9. The third-order valence-corrected chi connectivity index (χ3v) is 2.20. The minimum Gasteiger partial charge on any atom is -0.378 e. The van der Waals surface area contributed by atoms with Crippen LogP contribution in [0.4, 0.5) is 4.39 Å². The van der Waals surface area contributed by atoms with Crippen LogP contribution in [0.5, 0.6) is 0 Å². The number of likely N-dealkylation sites (N-methyl/N-ethyl adjacent to an activating group) is 1. The molecule has 0 fully saturated rings. The summed E-state index contributed by atoms with van der Waals surface area (Å²) >= 11 is 0. The van der Waals surface area contributed by atoms with Crippen LogP contribution in [0.25, 0.3) is 0 Å². The Morgan fingerprint density at radius 1 is 1.21 bits per heavy atom. The van der Waals surface area contributed by atoms with Crippen LogP contribution in [-0.4, -0.2) is 71.9 Å². The third-order valence-electron chi connectivity index (χ3n) is 2.20. The molecule has 1 amide bonds. The second-order valence-electron chi connectivity index (χ2n) is 4.06. The van der Waals surface area contributed by atoms with Crippen LogP contribution in [0.2, 0.25) is 0 Å². The van der Waals surface area contributed by atoms with Gasteiger partial charge in [-0.3, -0.25) is 4.79 Å². The quantitative estimate of drug-likeness (QED) is 0.338. The molecule has 0 spiro atoms. The number of ether oxygens (including phenoxy) is 3. The fraction of sp³-hybridized carbons (Fsp3) is 0.917. The van der Waals surface area contributed by atoms with Crippen molar-refractivity contribution >= 4 is 6.41 Å². The van der Waals surface area contributed by atoms with Gasteiger partial charge in [-0.25, -0.2) is 4.39 Å². The highest BCUT2D eigenvalue weighted by Gasteiger charge is 2.08. The van der Waals surface area contributed by atoms with Crippen LogP contribution in [0.1, 0.15) is 6.92 Å². The van der Waals surface area contributed by atoms with Gasteiger partial charge in [0, 0.05) is 6.54 Å². The summed E-state index contributed by atoms with van der Waals surface area (Å²) in [7, 11) is 1.86. The molecule has 0 aliphatic rings. The van der Waals surface area contributed by atoms with Gasteiger partial charge in [0.05, 0.1) is 45.7 Å². The molecule has 0 rings (SSSR count). The predicted octanol–water partition coefficient (Wildman–Crippen LogP) is -0.272. The zero-order valence-corrected chi connectivity index (χ0v) is 11.7. The highest BCUT2D eigenvalue weighted by Crippen LogP contribution is 1.95. The molecule has 0 aromatic carbocycles. The van der Waals surface area contributed by atoms with E-state index in [4.69, 9.17) is 14.2 Å². The fourth-order valence-electron chi connectivity index (χ4n) is 1.23. The van der Waals surface area contributed by atoms with Crippen molar-refractivity contribution in [3.63, 3.8) is 0 Å². The zero-order valence-electron chi connectivity index (χ0n) is 11.7. The summed E-state index contributed by atoms with van der Waals surface area (Å²) in [5, 5.41) is 5.23. The van der Waals surface area contributed by atoms with Gasteiger partial charge < -0.3 is 24.8 Å². The third kappa shape index (κ3) is 13.5. The Hall–Kier alpha value is -0.760. The molecule has 0 saturated carbocycles. The highest BCUT2D eigenvalue weighted by molar-refractivity contribution is 5.45. The molecule has 0 aliphatic carbocycles. The second-order valence-corrected chi connectivity index (χ2v) is 4.06. The van der Waals surface area contributed by atoms with E-state index in [-0.39, 0.29) is 19.3 Å². The Labute approximate surface area is 114 Å². The predicted molar refractivity (Wildman–Crippen MR) is 69.9 cm³/mol. The van der Waals surface area contributed by atoms with E-state index < -0.39 is 6.17 Å². The summed E-state index contributed by atoms with van der Waals surface area (Å²) in [6.07, 6.45) is -0.840. The summed E-state index contributed by atoms with van der Waals surface area (Å²) in [5.74, 6) is 0. The number of alkyl halides is 1. The Balaban J connectivity index is 3.29. The smallest absolute Gasteiger partial charge is 0.207 e. The molecule has 0 bridgehead atoms. The van der Waals surface area contributed by atoms with Crippen molar-refractivity contribution in [1.29, 1.82) is 0 Å². The molecule has 0 saturated heterocycles. The molecule has 0 aliphatic heterocycles. The number of rotatable bonds is 14. The summed E-state index contributed by atoms with van der Waals surface area (Å²) in [6.45, 7) is 4.57. The number of carbonyl (C=O) groups is 1. The van der Waals surface area contributed by atoms with Crippen LogP contribution < -0.4 is 10.6 Å². The van der Waals surface area contributed by atoms with E-state index in [1.54, 1.807) is 0 Å². The number of hydrogen-bond donors (Lipinski definition) is 2. The molecule has 0 aromatic heterocycles. The van der Waals surface area contributed by atoms with Gasteiger partial charge in [-0.1, -0.05) is 0 Å². The lowest BCUT2D eigenvalue weighted by Gasteiger charge is -2.14. The average molecular weight is 280 g/mol. The maximum absolute atomic E-state index is 13.1. The number of carbonyl (C=O) groups excluding carboxylic acids is 1. The number of halogens is 1. The van der Waals surface area contributed by atoms with Gasteiger partial charge in [0.25, 0.3) is 0 Å². The van der Waals surface area contributed by atoms with Crippen molar-refractivity contribution in [1.82, 2.24) is 10.6 Å². The van der Waals surface area contributed by atoms with Gasteiger partial charge in [-0.2, -0.15) is 0 Å². The lowest BCUT2D eigenvalue weighted by Crippen LogP contribution is -2.28. The Morgan fingerprint density at radius 3 is 2.68 bits per heavy atom. The monoisotopic (exact) mass is 280 g/mol. The first-order valence-corrected chi connectivity index (χ1v) is 6.43. The van der Waals surface area contributed by atoms with Crippen molar-refractivity contribution in [2.75, 3.05) is 53.2 Å². The van der Waals surface area contributed by atoms with E-state index >= 15 is 0 Å². The van der Waals surface area contributed by atoms with Gasteiger partial charge in [-0.05, 0) is 14.0 Å². The first-order valence-electron chi connectivity index (χ1n) is 6.43. The molecule has 0 radical (unpaired) electrons. The minimum atomic E-state index is -1.19. The largest absolute Gasteiger partial charge is 0.378 e. The molecule has 2 atom stereocenters. The molecule has 19 heavy (non-hydrogen) atoms. The molecule has 2 unspecified atom stereocenters. The lowest BCUT2D eigenvalue weighted by atomic mass is 10.4. The first-order chi connectivity index (χ1) is 9.20. The molecule has 114 valence electrons. The van der Waals surface area contributed by atoms with Gasteiger partial charge in [0.1, 0.15) is 6.17 Å². The summed E-state index contributed by atoms with van der Waals surface area (Å²) in [5.41, 5.74) is 0. The van der Waals surface area contributed by atoms with Crippen LogP contribution in [-0.2, 0) is 19.0 Å². The highest BCUT2D eigenvalue weighted by atomic mass is 19.1. The number of nitrogens with one attached hydrogen (secondary N) is 2. The van der Waals surface area contributed by atoms with Crippen LogP contribution in [0.15, 0.2) is 0 Å². The van der Waals surface area contributed by atoms with E-state index in [0.717, 1.165) is 6.54 Å². The van der Waals surface area contributed by atoms with Crippen molar-refractivity contribution < 1.29 is 23.4 Å². The summed E-state index contributed by atoms with van der Waals surface area (Å²) in [6, 6.07) is 0. The van der Waals surface area contributed by atoms with Gasteiger partial charge >= 0.3 is 0 Å². The molecule has 7 heteroatoms. The minimum absolute atomic E-state index is 0.0297. The zero-order chi connectivity index (χ0) is 14.3. The van der Waals surface area contributed by atoms with Gasteiger partial charge in [-0.15, -0.1) is 0 Å². The van der Waals surface area contributed by atoms with Crippen molar-refractivity contribution in [3.8, 4) is 0 Å². The maximum Gasteiger partial charge on any atom is 0.207 e. The molecular weight excluding hydrogens is 255 g/mol. The fourth-order valence-corrected chi connectivity index (χ4v) is 1.23. The van der Waals surface area contributed by atoms with Crippen molar-refractivity contribution in [2.24, 2.45) is 0 Å². The van der Waals surface area contributed by atoms with E-state index in [0.29, 0.717) is 32.8 Å². The van der Waals surface area contributed by atoms with Crippen LogP contribution in [0.3, 0.4) is 0 Å². The topological polar surface area (TPSA) is 68.8 Å². The van der Waals surface area contributed by atoms with E-state index in [2.05, 4.69) is 10.6 Å². The average Bonchev–Trinajstić information content (AvgIpc) is 2.40. The van der Waals surface area contributed by atoms with E-state index in [9.17, 15) is 9.18 Å². The van der Waals surface area contributed by atoms with Crippen LogP contribution >= 0.6 is 0 Å². The molecule has 2 N–H and O–H groups in total. The van der Waals surface area contributed by atoms with Crippen molar-refractivity contribution in [3.05, 3.63) is 0 Å². The molecule has 0 aromatic rings. The van der Waals surface area contributed by atoms with Gasteiger partial charge in [0.15, 0.2) is 0 Å². The Morgan fingerprint density at radius 2 is 2.00 bits per heavy atom. The standard InChI is InChI=1S/C12H25FN2O4/c1-11(19-6-5-17-4-3-14-2)8-18-9-12(13)7-15-10-16/h10-12,14H,3-9H2,1-2H3,(H,15,16). The second kappa shape index (κ2) is 13.7. The SMILES string of the molecule is CNCCOCCOC(C)COCC(F)CNC=O. The molecule has 6 nitrogen and oxygen atoms in total. The molecular formula is C12H25FN2O4.